The van der Waals surface area contributed by atoms with Crippen molar-refractivity contribution in [1.29, 1.82) is 0 Å². The molecule has 6 nitrogen and oxygen atoms in total. The van der Waals surface area contributed by atoms with Crippen molar-refractivity contribution in [2.24, 2.45) is 5.41 Å². The summed E-state index contributed by atoms with van der Waals surface area (Å²) in [4.78, 5) is 22.6. The van der Waals surface area contributed by atoms with Gasteiger partial charge in [0.15, 0.2) is 0 Å². The highest BCUT2D eigenvalue weighted by molar-refractivity contribution is 5.84. The van der Waals surface area contributed by atoms with Gasteiger partial charge in [0.2, 0.25) is 5.91 Å². The molecule has 1 rings (SSSR count). The van der Waals surface area contributed by atoms with Crippen molar-refractivity contribution < 1.29 is 24.2 Å². The van der Waals surface area contributed by atoms with E-state index in [1.807, 2.05) is 24.3 Å². The molecule has 1 aromatic carbocycles. The predicted molar refractivity (Wildman–Crippen MR) is 86.3 cm³/mol. The molecule has 0 saturated heterocycles. The fourth-order valence-electron chi connectivity index (χ4n) is 1.85. The number of nitrogens with one attached hydrogen (secondary N) is 1. The fourth-order valence-corrected chi connectivity index (χ4v) is 1.85. The lowest BCUT2D eigenvalue weighted by Crippen LogP contribution is -2.34. The zero-order chi connectivity index (χ0) is 17.3. The van der Waals surface area contributed by atoms with Gasteiger partial charge in [0.25, 0.3) is 0 Å². The Balaban J connectivity index is 2.13. The van der Waals surface area contributed by atoms with E-state index < -0.39 is 11.4 Å². The Hall–Kier alpha value is -2.08. The number of benzene rings is 1. The van der Waals surface area contributed by atoms with Gasteiger partial charge in [-0.3, -0.25) is 9.59 Å². The molecule has 23 heavy (non-hydrogen) atoms. The summed E-state index contributed by atoms with van der Waals surface area (Å²) in [6.07, 6.45) is 0.643. The van der Waals surface area contributed by atoms with Crippen LogP contribution < -0.4 is 10.1 Å². The van der Waals surface area contributed by atoms with Crippen LogP contribution in [0.25, 0.3) is 0 Å². The van der Waals surface area contributed by atoms with E-state index in [0.717, 1.165) is 11.3 Å². The van der Waals surface area contributed by atoms with Gasteiger partial charge in [0.1, 0.15) is 5.75 Å². The number of amides is 1. The number of carboxylic acids is 1. The highest BCUT2D eigenvalue weighted by Crippen LogP contribution is 2.19. The van der Waals surface area contributed by atoms with Crippen LogP contribution in [0.15, 0.2) is 24.3 Å². The van der Waals surface area contributed by atoms with E-state index >= 15 is 0 Å². The molecule has 2 N–H and O–H groups in total. The summed E-state index contributed by atoms with van der Waals surface area (Å²) >= 11 is 0. The summed E-state index contributed by atoms with van der Waals surface area (Å²) in [5, 5.41) is 11.7. The quantitative estimate of drug-likeness (QED) is 0.645. The molecule has 0 unspecified atom stereocenters. The van der Waals surface area contributed by atoms with E-state index in [9.17, 15) is 9.59 Å². The molecular weight excluding hydrogens is 298 g/mol. The van der Waals surface area contributed by atoms with Gasteiger partial charge in [0.05, 0.1) is 19.1 Å². The zero-order valence-corrected chi connectivity index (χ0v) is 13.9. The zero-order valence-electron chi connectivity index (χ0n) is 13.9. The Morgan fingerprint density at radius 3 is 2.43 bits per heavy atom. The average molecular weight is 323 g/mol. The topological polar surface area (TPSA) is 84.9 Å². The minimum absolute atomic E-state index is 0.0327. The molecule has 1 amide bonds. The molecule has 0 aromatic heterocycles. The van der Waals surface area contributed by atoms with Crippen LogP contribution in [0.4, 0.5) is 0 Å². The van der Waals surface area contributed by atoms with Crippen LogP contribution in [0, 0.1) is 5.41 Å². The first-order chi connectivity index (χ1) is 10.8. The van der Waals surface area contributed by atoms with Gasteiger partial charge in [-0.15, -0.1) is 0 Å². The Morgan fingerprint density at radius 2 is 1.87 bits per heavy atom. The van der Waals surface area contributed by atoms with Gasteiger partial charge in [-0.1, -0.05) is 12.1 Å². The summed E-state index contributed by atoms with van der Waals surface area (Å²) in [5.41, 5.74) is 0.00707. The van der Waals surface area contributed by atoms with Crippen LogP contribution in [-0.2, 0) is 20.9 Å². The Labute approximate surface area is 136 Å². The molecule has 0 atom stereocenters. The fraction of sp³-hybridized carbons (Fsp3) is 0.529. The number of carbonyl (C=O) groups is 2. The normalized spacial score (nSPS) is 11.1. The summed E-state index contributed by atoms with van der Waals surface area (Å²) in [5.74, 6) is -0.427. The van der Waals surface area contributed by atoms with E-state index in [4.69, 9.17) is 14.6 Å². The molecular formula is C17H25NO5. The van der Waals surface area contributed by atoms with E-state index in [-0.39, 0.29) is 12.3 Å². The molecule has 1 aromatic rings. The first-order valence-corrected chi connectivity index (χ1v) is 7.56. The van der Waals surface area contributed by atoms with Crippen molar-refractivity contribution in [2.75, 3.05) is 20.3 Å². The van der Waals surface area contributed by atoms with Gasteiger partial charge < -0.3 is 19.9 Å². The van der Waals surface area contributed by atoms with Crippen LogP contribution in [0.1, 0.15) is 32.3 Å². The third-order valence-electron chi connectivity index (χ3n) is 3.40. The average Bonchev–Trinajstić information content (AvgIpc) is 2.50. The van der Waals surface area contributed by atoms with Crippen molar-refractivity contribution >= 4 is 11.9 Å². The van der Waals surface area contributed by atoms with Gasteiger partial charge in [-0.05, 0) is 38.0 Å². The number of rotatable bonds is 10. The number of ether oxygens (including phenoxy) is 2. The highest BCUT2D eigenvalue weighted by Gasteiger charge is 2.29. The lowest BCUT2D eigenvalue weighted by molar-refractivity contribution is -0.149. The maximum Gasteiger partial charge on any atom is 0.309 e. The molecule has 6 heteroatoms. The molecule has 0 aliphatic heterocycles. The number of methoxy groups -OCH3 is 1. The molecule has 0 fully saturated rings. The third kappa shape index (κ3) is 7.15. The first kappa shape index (κ1) is 19.0. The van der Waals surface area contributed by atoms with Crippen LogP contribution in [0.3, 0.4) is 0 Å². The lowest BCUT2D eigenvalue weighted by atomic mass is 9.89. The number of carbonyl (C=O) groups excluding carboxylic acids is 1. The Kier molecular flexibility index (Phi) is 7.54. The van der Waals surface area contributed by atoms with Crippen LogP contribution in [0.2, 0.25) is 0 Å². The monoisotopic (exact) mass is 323 g/mol. The number of hydrogen-bond donors (Lipinski definition) is 2. The molecule has 0 saturated carbocycles. The van der Waals surface area contributed by atoms with E-state index in [0.29, 0.717) is 26.2 Å². The molecule has 0 aliphatic rings. The molecule has 128 valence electrons. The van der Waals surface area contributed by atoms with Gasteiger partial charge >= 0.3 is 5.97 Å². The molecule has 0 radical (unpaired) electrons. The molecule has 0 spiro atoms. The van der Waals surface area contributed by atoms with E-state index in [2.05, 4.69) is 5.32 Å². The second-order valence-corrected chi connectivity index (χ2v) is 5.97. The number of aliphatic carboxylic acids is 1. The van der Waals surface area contributed by atoms with Crippen LogP contribution in [-0.4, -0.2) is 37.2 Å². The predicted octanol–water partition coefficient (Wildman–Crippen LogP) is 2.22. The van der Waals surface area contributed by atoms with Crippen LogP contribution in [0.5, 0.6) is 5.75 Å². The maximum atomic E-state index is 11.7. The first-order valence-electron chi connectivity index (χ1n) is 7.56. The van der Waals surface area contributed by atoms with Gasteiger partial charge in [-0.2, -0.15) is 0 Å². The minimum atomic E-state index is -1.05. The largest absolute Gasteiger partial charge is 0.497 e. The number of hydrogen-bond acceptors (Lipinski definition) is 4. The summed E-state index contributed by atoms with van der Waals surface area (Å²) < 4.78 is 10.6. The van der Waals surface area contributed by atoms with Crippen molar-refractivity contribution in [1.82, 2.24) is 5.32 Å². The second-order valence-electron chi connectivity index (χ2n) is 5.97. The van der Waals surface area contributed by atoms with E-state index in [1.165, 1.54) is 13.8 Å². The summed E-state index contributed by atoms with van der Waals surface area (Å²) in [7, 11) is 1.62. The maximum absolute atomic E-state index is 11.7. The van der Waals surface area contributed by atoms with Crippen molar-refractivity contribution in [2.45, 2.75) is 33.3 Å². The highest BCUT2D eigenvalue weighted by atomic mass is 16.5. The summed E-state index contributed by atoms with van der Waals surface area (Å²) in [6, 6.07) is 7.63. The smallest absolute Gasteiger partial charge is 0.309 e. The second kappa shape index (κ2) is 9.15. The van der Waals surface area contributed by atoms with Crippen molar-refractivity contribution in [3.8, 4) is 5.75 Å². The van der Waals surface area contributed by atoms with Crippen LogP contribution >= 0.6 is 0 Å². The Morgan fingerprint density at radius 1 is 1.22 bits per heavy atom. The standard InChI is InChI=1S/C17H25NO5/c1-17(2,16(20)21)11-15(19)18-9-4-10-23-12-13-5-7-14(22-3)8-6-13/h5-8H,4,9-12H2,1-3H3,(H,18,19)(H,20,21). The number of carboxylic acid groups (broad SMARTS) is 1. The van der Waals surface area contributed by atoms with Gasteiger partial charge in [0, 0.05) is 19.6 Å². The SMILES string of the molecule is COc1ccc(COCCCNC(=O)CC(C)(C)C(=O)O)cc1. The molecule has 0 aliphatic carbocycles. The Bertz CT molecular complexity index is 510. The lowest BCUT2D eigenvalue weighted by Gasteiger charge is -2.18. The molecule has 0 heterocycles. The molecule has 0 bridgehead atoms. The summed E-state index contributed by atoms with van der Waals surface area (Å²) in [6.45, 7) is 4.57. The minimum Gasteiger partial charge on any atom is -0.497 e. The van der Waals surface area contributed by atoms with E-state index in [1.54, 1.807) is 7.11 Å². The van der Waals surface area contributed by atoms with Gasteiger partial charge in [-0.25, -0.2) is 0 Å². The third-order valence-corrected chi connectivity index (χ3v) is 3.40. The van der Waals surface area contributed by atoms with Crippen molar-refractivity contribution in [3.63, 3.8) is 0 Å². The van der Waals surface area contributed by atoms with Crippen molar-refractivity contribution in [3.05, 3.63) is 29.8 Å².